The molecule has 0 amide bonds. The Balaban J connectivity index is 2.23. The van der Waals surface area contributed by atoms with Crippen molar-refractivity contribution >= 4 is 0 Å². The number of rotatable bonds is 8. The van der Waals surface area contributed by atoms with Gasteiger partial charge in [0.25, 0.3) is 0 Å². The van der Waals surface area contributed by atoms with E-state index in [0.29, 0.717) is 0 Å². The Morgan fingerprint density at radius 1 is 1.05 bits per heavy atom. The molecule has 0 aliphatic rings. The molecule has 0 unspecified atom stereocenters. The molecule has 2 nitrogen and oxygen atoms in total. The smallest absolute Gasteiger partial charge is 0.125 e. The van der Waals surface area contributed by atoms with Crippen molar-refractivity contribution < 1.29 is 4.74 Å². The highest BCUT2D eigenvalue weighted by molar-refractivity contribution is 5.42. The van der Waals surface area contributed by atoms with Crippen molar-refractivity contribution in [2.45, 2.75) is 47.5 Å². The van der Waals surface area contributed by atoms with Gasteiger partial charge in [0.1, 0.15) is 5.75 Å². The summed E-state index contributed by atoms with van der Waals surface area (Å²) >= 11 is 0. The summed E-state index contributed by atoms with van der Waals surface area (Å²) in [4.78, 5) is 0. The van der Waals surface area contributed by atoms with Gasteiger partial charge in [-0.1, -0.05) is 31.5 Å². The molecular formula is C17H29NO. The maximum Gasteiger partial charge on any atom is 0.125 e. The van der Waals surface area contributed by atoms with Crippen LogP contribution < -0.4 is 10.1 Å². The van der Waals surface area contributed by atoms with E-state index in [0.717, 1.165) is 37.8 Å². The van der Waals surface area contributed by atoms with Gasteiger partial charge in [0.15, 0.2) is 0 Å². The van der Waals surface area contributed by atoms with Crippen LogP contribution >= 0.6 is 0 Å². The summed E-state index contributed by atoms with van der Waals surface area (Å²) in [5, 5.41) is 3.46. The molecule has 0 bridgehead atoms. The summed E-state index contributed by atoms with van der Waals surface area (Å²) < 4.78 is 5.92. The van der Waals surface area contributed by atoms with Gasteiger partial charge in [0.05, 0.1) is 6.61 Å². The van der Waals surface area contributed by atoms with Gasteiger partial charge >= 0.3 is 0 Å². The molecule has 0 atom stereocenters. The molecule has 19 heavy (non-hydrogen) atoms. The molecule has 0 aromatic heterocycles. The maximum absolute atomic E-state index is 5.92. The highest BCUT2D eigenvalue weighted by Crippen LogP contribution is 2.24. The fourth-order valence-electron chi connectivity index (χ4n) is 2.31. The summed E-state index contributed by atoms with van der Waals surface area (Å²) in [7, 11) is 0. The lowest BCUT2D eigenvalue weighted by molar-refractivity contribution is 0.301. The van der Waals surface area contributed by atoms with Gasteiger partial charge < -0.3 is 10.1 Å². The van der Waals surface area contributed by atoms with Crippen LogP contribution in [0, 0.1) is 26.7 Å². The molecule has 0 saturated carbocycles. The number of ether oxygens (including phenoxy) is 1. The van der Waals surface area contributed by atoms with Crippen molar-refractivity contribution in [1.29, 1.82) is 0 Å². The predicted octanol–water partition coefficient (Wildman–Crippen LogP) is 4.02. The van der Waals surface area contributed by atoms with Crippen LogP contribution in [-0.4, -0.2) is 19.7 Å². The van der Waals surface area contributed by atoms with Crippen LogP contribution in [0.15, 0.2) is 12.1 Å². The minimum atomic E-state index is 0.731. The van der Waals surface area contributed by atoms with Gasteiger partial charge in [0, 0.05) is 0 Å². The Morgan fingerprint density at radius 2 is 1.68 bits per heavy atom. The quantitative estimate of drug-likeness (QED) is 0.715. The normalized spacial score (nSPS) is 11.1. The average Bonchev–Trinajstić information content (AvgIpc) is 2.30. The zero-order chi connectivity index (χ0) is 14.3. The maximum atomic E-state index is 5.92. The average molecular weight is 263 g/mol. The van der Waals surface area contributed by atoms with E-state index < -0.39 is 0 Å². The minimum absolute atomic E-state index is 0.731. The first kappa shape index (κ1) is 16.0. The van der Waals surface area contributed by atoms with Crippen LogP contribution in [0.4, 0.5) is 0 Å². The van der Waals surface area contributed by atoms with Crippen molar-refractivity contribution in [2.24, 2.45) is 5.92 Å². The van der Waals surface area contributed by atoms with Crippen LogP contribution in [0.2, 0.25) is 0 Å². The Labute approximate surface area is 118 Å². The third-order valence-corrected chi connectivity index (χ3v) is 3.15. The van der Waals surface area contributed by atoms with E-state index in [4.69, 9.17) is 4.74 Å². The number of unbranched alkanes of at least 4 members (excludes halogenated alkanes) is 1. The largest absolute Gasteiger partial charge is 0.493 e. The van der Waals surface area contributed by atoms with E-state index in [2.05, 4.69) is 52.1 Å². The monoisotopic (exact) mass is 263 g/mol. The van der Waals surface area contributed by atoms with Crippen molar-refractivity contribution in [3.63, 3.8) is 0 Å². The molecule has 1 aromatic carbocycles. The van der Waals surface area contributed by atoms with E-state index in [1.807, 2.05) is 0 Å². The number of hydrogen-bond acceptors (Lipinski definition) is 2. The summed E-state index contributed by atoms with van der Waals surface area (Å²) in [6, 6.07) is 4.37. The zero-order valence-electron chi connectivity index (χ0n) is 13.2. The van der Waals surface area contributed by atoms with Crippen molar-refractivity contribution in [1.82, 2.24) is 5.32 Å². The van der Waals surface area contributed by atoms with Gasteiger partial charge in [-0.25, -0.2) is 0 Å². The molecule has 0 aliphatic carbocycles. The van der Waals surface area contributed by atoms with E-state index in [1.165, 1.54) is 23.1 Å². The lowest BCUT2D eigenvalue weighted by Gasteiger charge is -2.13. The molecule has 2 heteroatoms. The summed E-state index contributed by atoms with van der Waals surface area (Å²) in [6.45, 7) is 13.9. The van der Waals surface area contributed by atoms with E-state index in [-0.39, 0.29) is 0 Å². The second-order valence-electron chi connectivity index (χ2n) is 5.88. The molecule has 1 N–H and O–H groups in total. The lowest BCUT2D eigenvalue weighted by Crippen LogP contribution is -2.21. The van der Waals surface area contributed by atoms with Gasteiger partial charge in [0.2, 0.25) is 0 Å². The molecule has 0 aliphatic heterocycles. The van der Waals surface area contributed by atoms with Crippen molar-refractivity contribution in [3.05, 3.63) is 28.8 Å². The molecule has 0 fully saturated rings. The number of aryl methyl sites for hydroxylation is 3. The van der Waals surface area contributed by atoms with E-state index in [9.17, 15) is 0 Å². The van der Waals surface area contributed by atoms with Gasteiger partial charge in [-0.3, -0.25) is 0 Å². The van der Waals surface area contributed by atoms with Crippen molar-refractivity contribution in [3.8, 4) is 5.75 Å². The van der Waals surface area contributed by atoms with Crippen LogP contribution in [0.5, 0.6) is 5.75 Å². The van der Waals surface area contributed by atoms with E-state index in [1.54, 1.807) is 0 Å². The Hall–Kier alpha value is -1.02. The third kappa shape index (κ3) is 6.11. The lowest BCUT2D eigenvalue weighted by atomic mass is 10.1. The molecule has 0 spiro atoms. The number of hydrogen-bond donors (Lipinski definition) is 1. The van der Waals surface area contributed by atoms with E-state index >= 15 is 0 Å². The summed E-state index contributed by atoms with van der Waals surface area (Å²) in [6.07, 6.45) is 2.29. The molecular weight excluding hydrogens is 234 g/mol. The highest BCUT2D eigenvalue weighted by atomic mass is 16.5. The fourth-order valence-corrected chi connectivity index (χ4v) is 2.31. The predicted molar refractivity (Wildman–Crippen MR) is 83.1 cm³/mol. The molecule has 108 valence electrons. The topological polar surface area (TPSA) is 21.3 Å². The van der Waals surface area contributed by atoms with Gasteiger partial charge in [-0.2, -0.15) is 0 Å². The first-order valence-corrected chi connectivity index (χ1v) is 7.42. The third-order valence-electron chi connectivity index (χ3n) is 3.15. The van der Waals surface area contributed by atoms with Crippen LogP contribution in [-0.2, 0) is 0 Å². The molecule has 0 radical (unpaired) electrons. The first-order valence-electron chi connectivity index (χ1n) is 7.42. The Bertz CT molecular complexity index is 362. The highest BCUT2D eigenvalue weighted by Gasteiger charge is 2.04. The van der Waals surface area contributed by atoms with Gasteiger partial charge in [-0.05, 0) is 63.7 Å². The second kappa shape index (κ2) is 8.21. The number of benzene rings is 1. The fraction of sp³-hybridized carbons (Fsp3) is 0.647. The number of nitrogens with one attached hydrogen (secondary N) is 1. The van der Waals surface area contributed by atoms with Crippen molar-refractivity contribution in [2.75, 3.05) is 19.7 Å². The first-order chi connectivity index (χ1) is 9.00. The second-order valence-corrected chi connectivity index (χ2v) is 5.88. The standard InChI is InChI=1S/C17H29NO/c1-13(2)12-18-8-6-7-9-19-17-15(4)10-14(3)11-16(17)5/h10-11,13,18H,6-9,12H2,1-5H3. The SMILES string of the molecule is Cc1cc(C)c(OCCCCNCC(C)C)c(C)c1. The van der Waals surface area contributed by atoms with Crippen LogP contribution in [0.1, 0.15) is 43.4 Å². The van der Waals surface area contributed by atoms with Crippen LogP contribution in [0.3, 0.4) is 0 Å². The molecule has 1 aromatic rings. The summed E-state index contributed by atoms with van der Waals surface area (Å²) in [5.41, 5.74) is 3.80. The van der Waals surface area contributed by atoms with Crippen LogP contribution in [0.25, 0.3) is 0 Å². The minimum Gasteiger partial charge on any atom is -0.493 e. The zero-order valence-corrected chi connectivity index (χ0v) is 13.2. The van der Waals surface area contributed by atoms with Gasteiger partial charge in [-0.15, -0.1) is 0 Å². The summed E-state index contributed by atoms with van der Waals surface area (Å²) in [5.74, 6) is 1.80. The molecule has 0 heterocycles. The Kier molecular flexibility index (Phi) is 6.93. The Morgan fingerprint density at radius 3 is 2.26 bits per heavy atom. The molecule has 1 rings (SSSR count). The molecule has 0 saturated heterocycles.